The molecule has 1 saturated heterocycles. The van der Waals surface area contributed by atoms with E-state index < -0.39 is 6.09 Å². The van der Waals surface area contributed by atoms with E-state index in [1.807, 2.05) is 13.0 Å². The van der Waals surface area contributed by atoms with Crippen molar-refractivity contribution in [3.63, 3.8) is 0 Å². The van der Waals surface area contributed by atoms with E-state index in [0.29, 0.717) is 19.1 Å². The number of amides is 1. The summed E-state index contributed by atoms with van der Waals surface area (Å²) in [5, 5.41) is 17.8. The van der Waals surface area contributed by atoms with Gasteiger partial charge in [0.05, 0.1) is 6.07 Å². The average molecular weight is 235 g/mol. The zero-order valence-electron chi connectivity index (χ0n) is 9.96. The maximum atomic E-state index is 10.9. The lowest BCUT2D eigenvalue weighted by molar-refractivity contribution is 0.0603. The van der Waals surface area contributed by atoms with Gasteiger partial charge in [0.1, 0.15) is 0 Å². The third kappa shape index (κ3) is 2.42. The molecule has 0 aromatic heterocycles. The minimum atomic E-state index is -0.837. The lowest BCUT2D eigenvalue weighted by atomic mass is 10.1. The van der Waals surface area contributed by atoms with Gasteiger partial charge in [-0.05, 0) is 19.8 Å². The number of hydrogen-bond acceptors (Lipinski definition) is 3. The van der Waals surface area contributed by atoms with Gasteiger partial charge in [-0.3, -0.25) is 4.90 Å². The summed E-state index contributed by atoms with van der Waals surface area (Å²) in [7, 11) is 0. The van der Waals surface area contributed by atoms with E-state index in [9.17, 15) is 4.79 Å². The summed E-state index contributed by atoms with van der Waals surface area (Å²) in [5.41, 5.74) is 0.864. The monoisotopic (exact) mass is 235 g/mol. The van der Waals surface area contributed by atoms with Crippen molar-refractivity contribution in [3.8, 4) is 6.07 Å². The summed E-state index contributed by atoms with van der Waals surface area (Å²) in [4.78, 5) is 14.7. The van der Waals surface area contributed by atoms with E-state index >= 15 is 0 Å². The van der Waals surface area contributed by atoms with E-state index in [0.717, 1.165) is 25.0 Å². The van der Waals surface area contributed by atoms with Crippen LogP contribution in [0.15, 0.2) is 11.6 Å². The molecule has 5 nitrogen and oxygen atoms in total. The zero-order chi connectivity index (χ0) is 12.4. The van der Waals surface area contributed by atoms with Gasteiger partial charge in [-0.2, -0.15) is 5.26 Å². The number of rotatable bonds is 1. The van der Waals surface area contributed by atoms with Crippen LogP contribution in [0.5, 0.6) is 0 Å². The van der Waals surface area contributed by atoms with Crippen LogP contribution in [-0.2, 0) is 0 Å². The summed E-state index contributed by atoms with van der Waals surface area (Å²) in [5.74, 6) is 0. The lowest BCUT2D eigenvalue weighted by Gasteiger charge is -2.41. The van der Waals surface area contributed by atoms with Crippen molar-refractivity contribution < 1.29 is 9.90 Å². The van der Waals surface area contributed by atoms with Crippen molar-refractivity contribution in [2.24, 2.45) is 0 Å². The minimum Gasteiger partial charge on any atom is -0.465 e. The van der Waals surface area contributed by atoms with Crippen LogP contribution in [0.2, 0.25) is 0 Å². The Bertz CT molecular complexity index is 386. The van der Waals surface area contributed by atoms with Gasteiger partial charge in [0.15, 0.2) is 0 Å². The van der Waals surface area contributed by atoms with E-state index in [-0.39, 0.29) is 6.04 Å². The molecule has 0 aromatic carbocycles. The molecule has 2 rings (SSSR count). The van der Waals surface area contributed by atoms with Gasteiger partial charge in [-0.1, -0.05) is 6.08 Å². The number of nitriles is 1. The Morgan fingerprint density at radius 1 is 1.59 bits per heavy atom. The summed E-state index contributed by atoms with van der Waals surface area (Å²) in [6, 6.07) is 2.74. The second-order valence-electron chi connectivity index (χ2n) is 4.73. The summed E-state index contributed by atoms with van der Waals surface area (Å²) >= 11 is 0. The van der Waals surface area contributed by atoms with Gasteiger partial charge < -0.3 is 10.0 Å². The van der Waals surface area contributed by atoms with Crippen molar-refractivity contribution in [2.75, 3.05) is 19.6 Å². The molecule has 0 bridgehead atoms. The maximum absolute atomic E-state index is 10.9. The van der Waals surface area contributed by atoms with Crippen LogP contribution < -0.4 is 0 Å². The SMILES string of the molecule is C[C@@H]1CN(C(=O)O)CCN1[C@H]1C=C(C#N)CC1. The Kier molecular flexibility index (Phi) is 3.34. The maximum Gasteiger partial charge on any atom is 0.407 e. The average Bonchev–Trinajstić information content (AvgIpc) is 2.77. The number of allylic oxidation sites excluding steroid dienone is 1. The van der Waals surface area contributed by atoms with Crippen molar-refractivity contribution in [1.29, 1.82) is 5.26 Å². The van der Waals surface area contributed by atoms with Crippen LogP contribution in [-0.4, -0.2) is 52.7 Å². The smallest absolute Gasteiger partial charge is 0.407 e. The standard InChI is InChI=1S/C12H17N3O2/c1-9-8-14(12(16)17)4-5-15(9)11-3-2-10(6-11)7-13/h6,9,11H,2-5,8H2,1H3,(H,16,17)/t9-,11-/m1/s1. The van der Waals surface area contributed by atoms with E-state index in [1.165, 1.54) is 4.90 Å². The molecule has 2 atom stereocenters. The fourth-order valence-corrected chi connectivity index (χ4v) is 2.70. The highest BCUT2D eigenvalue weighted by Gasteiger charge is 2.32. The third-order valence-electron chi connectivity index (χ3n) is 3.62. The number of hydrogen-bond donors (Lipinski definition) is 1. The molecule has 0 aromatic rings. The highest BCUT2D eigenvalue weighted by atomic mass is 16.4. The molecule has 0 radical (unpaired) electrons. The Balaban J connectivity index is 1.99. The number of carbonyl (C=O) groups is 1. The summed E-state index contributed by atoms with van der Waals surface area (Å²) in [6.45, 7) is 3.92. The fraction of sp³-hybridized carbons (Fsp3) is 0.667. The van der Waals surface area contributed by atoms with Crippen LogP contribution in [0.4, 0.5) is 4.79 Å². The first-order valence-corrected chi connectivity index (χ1v) is 5.96. The molecule has 1 amide bonds. The van der Waals surface area contributed by atoms with Crippen molar-refractivity contribution in [3.05, 3.63) is 11.6 Å². The second kappa shape index (κ2) is 4.76. The van der Waals surface area contributed by atoms with Gasteiger partial charge in [0.25, 0.3) is 0 Å². The van der Waals surface area contributed by atoms with E-state index in [2.05, 4.69) is 11.0 Å². The van der Waals surface area contributed by atoms with Gasteiger partial charge in [-0.15, -0.1) is 0 Å². The Hall–Kier alpha value is -1.54. The molecule has 1 N–H and O–H groups in total. The predicted octanol–water partition coefficient (Wildman–Crippen LogP) is 1.28. The van der Waals surface area contributed by atoms with Gasteiger partial charge >= 0.3 is 6.09 Å². The van der Waals surface area contributed by atoms with Crippen molar-refractivity contribution in [2.45, 2.75) is 31.8 Å². The fourth-order valence-electron chi connectivity index (χ4n) is 2.70. The van der Waals surface area contributed by atoms with Gasteiger partial charge in [0.2, 0.25) is 0 Å². The van der Waals surface area contributed by atoms with Crippen LogP contribution in [0.3, 0.4) is 0 Å². The van der Waals surface area contributed by atoms with Crippen LogP contribution >= 0.6 is 0 Å². The lowest BCUT2D eigenvalue weighted by Crippen LogP contribution is -2.55. The third-order valence-corrected chi connectivity index (χ3v) is 3.62. The number of carboxylic acid groups (broad SMARTS) is 1. The molecule has 2 aliphatic rings. The van der Waals surface area contributed by atoms with Crippen molar-refractivity contribution in [1.82, 2.24) is 9.80 Å². The molecular weight excluding hydrogens is 218 g/mol. The zero-order valence-corrected chi connectivity index (χ0v) is 9.96. The van der Waals surface area contributed by atoms with E-state index in [4.69, 9.17) is 10.4 Å². The first-order valence-electron chi connectivity index (χ1n) is 5.96. The minimum absolute atomic E-state index is 0.221. The molecule has 0 unspecified atom stereocenters. The first-order chi connectivity index (χ1) is 8.11. The Morgan fingerprint density at radius 3 is 2.88 bits per heavy atom. The van der Waals surface area contributed by atoms with Crippen LogP contribution in [0.1, 0.15) is 19.8 Å². The van der Waals surface area contributed by atoms with Crippen molar-refractivity contribution >= 4 is 6.09 Å². The summed E-state index contributed by atoms with van der Waals surface area (Å²) in [6.07, 6.45) is 3.04. The van der Waals surface area contributed by atoms with Crippen LogP contribution in [0.25, 0.3) is 0 Å². The van der Waals surface area contributed by atoms with Crippen LogP contribution in [0, 0.1) is 11.3 Å². The molecule has 17 heavy (non-hydrogen) atoms. The molecule has 1 fully saturated rings. The van der Waals surface area contributed by atoms with E-state index in [1.54, 1.807) is 0 Å². The summed E-state index contributed by atoms with van der Waals surface area (Å²) < 4.78 is 0. The second-order valence-corrected chi connectivity index (χ2v) is 4.73. The molecule has 92 valence electrons. The van der Waals surface area contributed by atoms with Gasteiger partial charge in [0, 0.05) is 37.3 Å². The number of piperazine rings is 1. The molecular formula is C12H17N3O2. The molecule has 1 aliphatic carbocycles. The first kappa shape index (κ1) is 11.9. The molecule has 0 spiro atoms. The predicted molar refractivity (Wildman–Crippen MR) is 62.5 cm³/mol. The molecule has 1 heterocycles. The Labute approximate surface area is 101 Å². The highest BCUT2D eigenvalue weighted by molar-refractivity contribution is 5.65. The quantitative estimate of drug-likeness (QED) is 0.743. The highest BCUT2D eigenvalue weighted by Crippen LogP contribution is 2.25. The normalized spacial score (nSPS) is 29.9. The molecule has 5 heteroatoms. The number of nitrogens with zero attached hydrogens (tertiary/aromatic N) is 3. The molecule has 0 saturated carbocycles. The Morgan fingerprint density at radius 2 is 2.35 bits per heavy atom. The largest absolute Gasteiger partial charge is 0.465 e. The molecule has 1 aliphatic heterocycles. The van der Waals surface area contributed by atoms with Gasteiger partial charge in [-0.25, -0.2) is 4.79 Å². The topological polar surface area (TPSA) is 67.6 Å².